The first-order valence-electron chi connectivity index (χ1n) is 14.8. The number of hydrogen-bond donors (Lipinski definition) is 1. The summed E-state index contributed by atoms with van der Waals surface area (Å²) >= 11 is 0. The number of carbonyl (C=O) groups is 4. The second-order valence-corrected chi connectivity index (χ2v) is 12.5. The average molecular weight is 554 g/mol. The molecule has 1 aromatic heterocycles. The predicted molar refractivity (Wildman–Crippen MR) is 153 cm³/mol. The fraction of sp³-hybridized carbons (Fsp3) is 0.469. The van der Waals surface area contributed by atoms with Crippen molar-refractivity contribution in [1.82, 2.24) is 20.0 Å². The highest BCUT2D eigenvalue weighted by Crippen LogP contribution is 2.44. The summed E-state index contributed by atoms with van der Waals surface area (Å²) in [6, 6.07) is 9.30. The summed E-state index contributed by atoms with van der Waals surface area (Å²) in [7, 11) is 0. The number of nitrogens with one attached hydrogen (secondary N) is 1. The zero-order valence-electron chi connectivity index (χ0n) is 23.6. The van der Waals surface area contributed by atoms with Gasteiger partial charge in [0.1, 0.15) is 6.04 Å². The van der Waals surface area contributed by atoms with E-state index in [1.165, 1.54) is 0 Å². The van der Waals surface area contributed by atoms with Crippen LogP contribution in [0.25, 0.3) is 10.8 Å². The third kappa shape index (κ3) is 4.08. The number of amides is 4. The molecule has 2 atom stereocenters. The zero-order valence-corrected chi connectivity index (χ0v) is 23.6. The standard InChI is InChI=1S/C32H35N5O4/c1-19(20-17-33-36(18-20)21-11-15-35(16-12-21)31(41)32(2)13-4-14-32)22-7-8-25-28-23(22)5-3-6-24(28)30(40)37(25)26-9-10-27(38)34-29(26)39/h3,5-8,17-19,21,26H,4,9-16H2,1-2H3,(H,34,38,39). The maximum absolute atomic E-state index is 13.5. The first kappa shape index (κ1) is 25.9. The number of anilines is 1. The summed E-state index contributed by atoms with van der Waals surface area (Å²) in [5.41, 5.74) is 3.35. The third-order valence-electron chi connectivity index (χ3n) is 9.97. The van der Waals surface area contributed by atoms with Gasteiger partial charge in [0.25, 0.3) is 5.91 Å². The largest absolute Gasteiger partial charge is 0.342 e. The number of hydrogen-bond acceptors (Lipinski definition) is 5. The summed E-state index contributed by atoms with van der Waals surface area (Å²) in [5, 5.41) is 8.97. The fourth-order valence-corrected chi connectivity index (χ4v) is 7.24. The molecule has 2 unspecified atom stereocenters. The first-order chi connectivity index (χ1) is 19.7. The minimum absolute atomic E-state index is 0.0352. The summed E-state index contributed by atoms with van der Waals surface area (Å²) in [4.78, 5) is 54.4. The van der Waals surface area contributed by atoms with Crippen LogP contribution in [0.15, 0.2) is 42.7 Å². The molecule has 4 amide bonds. The van der Waals surface area contributed by atoms with E-state index in [0.29, 0.717) is 17.9 Å². The van der Waals surface area contributed by atoms with Gasteiger partial charge in [-0.2, -0.15) is 5.10 Å². The molecule has 0 radical (unpaired) electrons. The monoisotopic (exact) mass is 553 g/mol. The van der Waals surface area contributed by atoms with Gasteiger partial charge < -0.3 is 4.90 Å². The molecule has 1 N–H and O–H groups in total. The van der Waals surface area contributed by atoms with Crippen LogP contribution in [0, 0.1) is 5.41 Å². The quantitative estimate of drug-likeness (QED) is 0.474. The van der Waals surface area contributed by atoms with Crippen LogP contribution in [-0.2, 0) is 14.4 Å². The highest BCUT2D eigenvalue weighted by atomic mass is 16.2. The van der Waals surface area contributed by atoms with E-state index in [4.69, 9.17) is 5.10 Å². The molecule has 1 aliphatic carbocycles. The Hall–Kier alpha value is -4.01. The Labute approximate surface area is 238 Å². The van der Waals surface area contributed by atoms with E-state index in [-0.39, 0.29) is 35.6 Å². The van der Waals surface area contributed by atoms with Crippen LogP contribution in [0.3, 0.4) is 0 Å². The van der Waals surface area contributed by atoms with Crippen molar-refractivity contribution in [3.8, 4) is 0 Å². The van der Waals surface area contributed by atoms with E-state index in [1.807, 2.05) is 36.5 Å². The maximum atomic E-state index is 13.5. The third-order valence-corrected chi connectivity index (χ3v) is 9.97. The molecule has 2 aromatic carbocycles. The van der Waals surface area contributed by atoms with E-state index in [1.54, 1.807) is 4.90 Å². The number of benzene rings is 2. The molecule has 3 aliphatic heterocycles. The Morgan fingerprint density at radius 3 is 2.56 bits per heavy atom. The molecule has 212 valence electrons. The van der Waals surface area contributed by atoms with Gasteiger partial charge in [0.2, 0.25) is 17.7 Å². The Balaban J connectivity index is 1.12. The molecule has 0 bridgehead atoms. The van der Waals surface area contributed by atoms with Crippen LogP contribution in [0.2, 0.25) is 0 Å². The molecular weight excluding hydrogens is 518 g/mol. The van der Waals surface area contributed by atoms with Gasteiger partial charge in [-0.25, -0.2) is 0 Å². The predicted octanol–water partition coefficient (Wildman–Crippen LogP) is 4.31. The molecule has 7 rings (SSSR count). The van der Waals surface area contributed by atoms with Crippen LogP contribution in [-0.4, -0.2) is 57.4 Å². The second kappa shape index (κ2) is 9.53. The van der Waals surface area contributed by atoms with Gasteiger partial charge in [-0.05, 0) is 60.7 Å². The van der Waals surface area contributed by atoms with Crippen molar-refractivity contribution in [1.29, 1.82) is 0 Å². The molecule has 41 heavy (non-hydrogen) atoms. The lowest BCUT2D eigenvalue weighted by atomic mass is 9.69. The zero-order chi connectivity index (χ0) is 28.5. The lowest BCUT2D eigenvalue weighted by Gasteiger charge is -2.43. The molecule has 9 nitrogen and oxygen atoms in total. The first-order valence-corrected chi connectivity index (χ1v) is 14.8. The molecule has 9 heteroatoms. The van der Waals surface area contributed by atoms with Gasteiger partial charge in [0, 0.05) is 48.0 Å². The van der Waals surface area contributed by atoms with Gasteiger partial charge in [-0.15, -0.1) is 0 Å². The van der Waals surface area contributed by atoms with Crippen LogP contribution in [0.4, 0.5) is 5.69 Å². The van der Waals surface area contributed by atoms with Crippen molar-refractivity contribution in [2.24, 2.45) is 5.41 Å². The van der Waals surface area contributed by atoms with E-state index < -0.39 is 11.9 Å². The van der Waals surface area contributed by atoms with Crippen molar-refractivity contribution in [2.75, 3.05) is 18.0 Å². The van der Waals surface area contributed by atoms with E-state index in [0.717, 1.165) is 72.8 Å². The van der Waals surface area contributed by atoms with Gasteiger partial charge in [-0.3, -0.25) is 34.1 Å². The van der Waals surface area contributed by atoms with Gasteiger partial charge in [0.15, 0.2) is 0 Å². The number of rotatable bonds is 5. The number of piperidine rings is 2. The smallest absolute Gasteiger partial charge is 0.259 e. The van der Waals surface area contributed by atoms with Crippen LogP contribution >= 0.6 is 0 Å². The van der Waals surface area contributed by atoms with Crippen molar-refractivity contribution in [2.45, 2.75) is 76.8 Å². The highest BCUT2D eigenvalue weighted by Gasteiger charge is 2.43. The number of likely N-dealkylation sites (tertiary alicyclic amines) is 1. The molecule has 3 fully saturated rings. The SMILES string of the molecule is CC(c1cnn(C2CCN(C(=O)C3(C)CCC3)CC2)c1)c1ccc2c3c(cccc13)C(=O)N2C1CCC(=O)NC1=O. The van der Waals surface area contributed by atoms with Crippen molar-refractivity contribution < 1.29 is 19.2 Å². The summed E-state index contributed by atoms with van der Waals surface area (Å²) in [6.45, 7) is 5.81. The van der Waals surface area contributed by atoms with Gasteiger partial charge >= 0.3 is 0 Å². The topological polar surface area (TPSA) is 105 Å². The molecule has 4 heterocycles. The van der Waals surface area contributed by atoms with E-state index >= 15 is 0 Å². The van der Waals surface area contributed by atoms with Gasteiger partial charge in [-0.1, -0.05) is 38.5 Å². The number of aromatic nitrogens is 2. The molecule has 2 saturated heterocycles. The van der Waals surface area contributed by atoms with Crippen molar-refractivity contribution in [3.63, 3.8) is 0 Å². The normalized spacial score (nSPS) is 23.1. The lowest BCUT2D eigenvalue weighted by Crippen LogP contribution is -2.53. The minimum atomic E-state index is -0.699. The lowest BCUT2D eigenvalue weighted by molar-refractivity contribution is -0.147. The Bertz CT molecular complexity index is 1600. The maximum Gasteiger partial charge on any atom is 0.259 e. The molecule has 4 aliphatic rings. The second-order valence-electron chi connectivity index (χ2n) is 12.5. The molecule has 1 saturated carbocycles. The highest BCUT2D eigenvalue weighted by molar-refractivity contribution is 6.27. The number of carbonyl (C=O) groups excluding carboxylic acids is 4. The Kier molecular flexibility index (Phi) is 6.03. The molecule has 0 spiro atoms. The Morgan fingerprint density at radius 1 is 1.07 bits per heavy atom. The van der Waals surface area contributed by atoms with Crippen molar-refractivity contribution >= 4 is 40.1 Å². The average Bonchev–Trinajstić information content (AvgIpc) is 3.56. The fourth-order valence-electron chi connectivity index (χ4n) is 7.24. The summed E-state index contributed by atoms with van der Waals surface area (Å²) in [6.07, 6.45) is 9.56. The number of imide groups is 1. The Morgan fingerprint density at radius 2 is 1.85 bits per heavy atom. The minimum Gasteiger partial charge on any atom is -0.342 e. The number of nitrogens with zero attached hydrogens (tertiary/aromatic N) is 4. The van der Waals surface area contributed by atoms with Crippen LogP contribution in [0.5, 0.6) is 0 Å². The summed E-state index contributed by atoms with van der Waals surface area (Å²) < 4.78 is 2.06. The van der Waals surface area contributed by atoms with E-state index in [9.17, 15) is 19.2 Å². The van der Waals surface area contributed by atoms with Crippen LogP contribution in [0.1, 0.15) is 92.2 Å². The molecular formula is C32H35N5O4. The van der Waals surface area contributed by atoms with Crippen LogP contribution < -0.4 is 10.2 Å². The summed E-state index contributed by atoms with van der Waals surface area (Å²) in [5.74, 6) is -0.569. The van der Waals surface area contributed by atoms with Crippen molar-refractivity contribution in [3.05, 3.63) is 59.4 Å². The van der Waals surface area contributed by atoms with Gasteiger partial charge in [0.05, 0.1) is 17.9 Å². The van der Waals surface area contributed by atoms with E-state index in [2.05, 4.69) is 34.9 Å². The molecule has 3 aromatic rings.